The molecule has 9 heteroatoms. The Bertz CT molecular complexity index is 1300. The number of pyridine rings is 1. The highest BCUT2D eigenvalue weighted by Crippen LogP contribution is 2.65. The SMILES string of the molecule is O=C(OCCN1CCOCC1)c1ccc(CCC[C@H]2CC(F)C(Cl)[C@]23C[C@@H]3Nc2ccc3cnccc3c2)s1. The molecule has 1 N–H and O–H groups in total. The standard InChI is InChI=1S/C30H35ClFN3O3S/c31-28-25(32)17-22(30(28)18-27(30)34-23-5-4-21-19-33-9-8-20(21)16-23)2-1-3-24-6-7-26(39-24)29(36)38-15-12-35-10-13-37-14-11-35/h4-9,16,19,22,25,27-28,34H,1-3,10-15,17-18H2/t22-,25?,27-,28?,30+/m0/s1. The lowest BCUT2D eigenvalue weighted by molar-refractivity contribution is 0.0197. The van der Waals surface area contributed by atoms with Gasteiger partial charge in [0.05, 0.1) is 18.6 Å². The molecule has 3 aliphatic rings. The van der Waals surface area contributed by atoms with Crippen LogP contribution in [0.25, 0.3) is 10.8 Å². The van der Waals surface area contributed by atoms with E-state index in [4.69, 9.17) is 21.1 Å². The molecule has 5 atom stereocenters. The van der Waals surface area contributed by atoms with Crippen LogP contribution >= 0.6 is 22.9 Å². The van der Waals surface area contributed by atoms with Crippen LogP contribution in [0, 0.1) is 11.3 Å². The number of carbonyl (C=O) groups excluding carboxylic acids is 1. The maximum Gasteiger partial charge on any atom is 0.348 e. The molecule has 39 heavy (non-hydrogen) atoms. The van der Waals surface area contributed by atoms with Crippen LogP contribution in [-0.2, 0) is 15.9 Å². The van der Waals surface area contributed by atoms with Crippen LogP contribution in [0.15, 0.2) is 48.8 Å². The third-order valence-electron chi connectivity index (χ3n) is 8.71. The largest absolute Gasteiger partial charge is 0.460 e. The number of aryl methyl sites for hydroxylation is 1. The summed E-state index contributed by atoms with van der Waals surface area (Å²) in [5.74, 6) is -0.00176. The number of fused-ring (bicyclic) bond motifs is 1. The summed E-state index contributed by atoms with van der Waals surface area (Å²) >= 11 is 8.22. The van der Waals surface area contributed by atoms with Crippen molar-refractivity contribution in [1.29, 1.82) is 0 Å². The average Bonchev–Trinajstić information content (AvgIpc) is 3.36. The van der Waals surface area contributed by atoms with E-state index in [-0.39, 0.29) is 23.3 Å². The average molecular weight is 572 g/mol. The van der Waals surface area contributed by atoms with Crippen molar-refractivity contribution in [2.45, 2.75) is 49.7 Å². The summed E-state index contributed by atoms with van der Waals surface area (Å²) in [4.78, 5) is 20.7. The minimum atomic E-state index is -0.966. The van der Waals surface area contributed by atoms with Gasteiger partial charge in [-0.05, 0) is 73.7 Å². The van der Waals surface area contributed by atoms with Gasteiger partial charge in [-0.3, -0.25) is 9.88 Å². The van der Waals surface area contributed by atoms with Gasteiger partial charge in [0, 0.05) is 59.4 Å². The van der Waals surface area contributed by atoms with Crippen LogP contribution in [0.3, 0.4) is 0 Å². The highest BCUT2D eigenvalue weighted by Gasteiger charge is 2.68. The van der Waals surface area contributed by atoms with Gasteiger partial charge < -0.3 is 14.8 Å². The molecule has 1 saturated heterocycles. The van der Waals surface area contributed by atoms with E-state index in [1.165, 1.54) is 11.3 Å². The van der Waals surface area contributed by atoms with Crippen molar-refractivity contribution >= 4 is 45.4 Å². The van der Waals surface area contributed by atoms with E-state index in [1.807, 2.05) is 24.4 Å². The number of anilines is 1. The number of carbonyl (C=O) groups is 1. The first-order chi connectivity index (χ1) is 19.0. The fraction of sp³-hybridized carbons (Fsp3) is 0.533. The summed E-state index contributed by atoms with van der Waals surface area (Å²) in [7, 11) is 0. The lowest BCUT2D eigenvalue weighted by atomic mass is 9.87. The van der Waals surface area contributed by atoms with Gasteiger partial charge in [-0.2, -0.15) is 0 Å². The molecule has 0 bridgehead atoms. The van der Waals surface area contributed by atoms with Crippen LogP contribution < -0.4 is 5.32 Å². The predicted octanol–water partition coefficient (Wildman–Crippen LogP) is 5.94. The zero-order valence-corrected chi connectivity index (χ0v) is 23.6. The van der Waals surface area contributed by atoms with Crippen molar-refractivity contribution in [2.24, 2.45) is 11.3 Å². The zero-order chi connectivity index (χ0) is 26.8. The zero-order valence-electron chi connectivity index (χ0n) is 22.0. The van der Waals surface area contributed by atoms with Gasteiger partial charge in [-0.25, -0.2) is 9.18 Å². The molecule has 3 heterocycles. The number of esters is 1. The van der Waals surface area contributed by atoms with Gasteiger partial charge in [0.2, 0.25) is 0 Å². The highest BCUT2D eigenvalue weighted by atomic mass is 35.5. The maximum absolute atomic E-state index is 14.9. The summed E-state index contributed by atoms with van der Waals surface area (Å²) in [6.07, 6.45) is 6.88. The molecule has 1 aliphatic heterocycles. The number of halogens is 2. The Kier molecular flexibility index (Phi) is 8.08. The minimum Gasteiger partial charge on any atom is -0.460 e. The van der Waals surface area contributed by atoms with E-state index >= 15 is 0 Å². The number of nitrogens with one attached hydrogen (secondary N) is 1. The molecule has 6 rings (SSSR count). The molecular weight excluding hydrogens is 537 g/mol. The second kappa shape index (κ2) is 11.7. The van der Waals surface area contributed by atoms with Crippen LogP contribution in [-0.4, -0.2) is 72.9 Å². The summed E-state index contributed by atoms with van der Waals surface area (Å²) in [5, 5.41) is 5.43. The summed E-state index contributed by atoms with van der Waals surface area (Å²) in [5.41, 5.74) is 0.849. The van der Waals surface area contributed by atoms with Crippen molar-refractivity contribution in [3.05, 3.63) is 58.5 Å². The topological polar surface area (TPSA) is 63.7 Å². The molecule has 1 aromatic carbocycles. The molecule has 6 nitrogen and oxygen atoms in total. The highest BCUT2D eigenvalue weighted by molar-refractivity contribution is 7.13. The van der Waals surface area contributed by atoms with E-state index in [2.05, 4.69) is 33.4 Å². The Hall–Kier alpha value is -2.26. The molecule has 3 aromatic rings. The van der Waals surface area contributed by atoms with Crippen molar-refractivity contribution in [2.75, 3.05) is 44.8 Å². The number of rotatable bonds is 10. The molecule has 0 amide bonds. The smallest absolute Gasteiger partial charge is 0.348 e. The van der Waals surface area contributed by atoms with Gasteiger partial charge >= 0.3 is 5.97 Å². The Labute approximate surface area is 237 Å². The first-order valence-electron chi connectivity index (χ1n) is 14.0. The molecule has 3 fully saturated rings. The summed E-state index contributed by atoms with van der Waals surface area (Å²) in [6.45, 7) is 4.37. The number of ether oxygens (including phenoxy) is 2. The van der Waals surface area contributed by atoms with Crippen molar-refractivity contribution in [3.8, 4) is 0 Å². The van der Waals surface area contributed by atoms with E-state index in [0.717, 1.165) is 79.9 Å². The molecule has 2 aromatic heterocycles. The molecule has 1 spiro atoms. The second-order valence-electron chi connectivity index (χ2n) is 11.0. The Morgan fingerprint density at radius 1 is 1.23 bits per heavy atom. The third kappa shape index (κ3) is 5.80. The Morgan fingerprint density at radius 2 is 2.10 bits per heavy atom. The Morgan fingerprint density at radius 3 is 2.97 bits per heavy atom. The van der Waals surface area contributed by atoms with Crippen LogP contribution in [0.2, 0.25) is 0 Å². The lowest BCUT2D eigenvalue weighted by Crippen LogP contribution is -2.38. The van der Waals surface area contributed by atoms with E-state index in [9.17, 15) is 9.18 Å². The molecule has 2 aliphatic carbocycles. The van der Waals surface area contributed by atoms with Crippen LogP contribution in [0.5, 0.6) is 0 Å². The third-order valence-corrected chi connectivity index (χ3v) is 10.5. The molecular formula is C30H35ClFN3O3S. The number of benzene rings is 1. The number of nitrogens with zero attached hydrogens (tertiary/aromatic N) is 2. The molecule has 208 valence electrons. The molecule has 2 saturated carbocycles. The predicted molar refractivity (Wildman–Crippen MR) is 154 cm³/mol. The molecule has 2 unspecified atom stereocenters. The van der Waals surface area contributed by atoms with E-state index < -0.39 is 11.5 Å². The van der Waals surface area contributed by atoms with Gasteiger partial charge in [0.15, 0.2) is 0 Å². The number of morpholine rings is 1. The lowest BCUT2D eigenvalue weighted by Gasteiger charge is -2.26. The first-order valence-corrected chi connectivity index (χ1v) is 15.2. The Balaban J connectivity index is 0.996. The fourth-order valence-corrected chi connectivity index (χ4v) is 7.94. The maximum atomic E-state index is 14.9. The van der Waals surface area contributed by atoms with Crippen molar-refractivity contribution in [3.63, 3.8) is 0 Å². The van der Waals surface area contributed by atoms with E-state index in [1.54, 1.807) is 6.20 Å². The van der Waals surface area contributed by atoms with Gasteiger partial charge in [0.1, 0.15) is 17.7 Å². The quantitative estimate of drug-likeness (QED) is 0.240. The number of hydrogen-bond donors (Lipinski definition) is 1. The number of thiophene rings is 1. The number of alkyl halides is 2. The van der Waals surface area contributed by atoms with Gasteiger partial charge in [-0.1, -0.05) is 6.07 Å². The second-order valence-corrected chi connectivity index (χ2v) is 12.7. The monoisotopic (exact) mass is 571 g/mol. The van der Waals surface area contributed by atoms with E-state index in [0.29, 0.717) is 17.9 Å². The van der Waals surface area contributed by atoms with Crippen molar-refractivity contribution in [1.82, 2.24) is 9.88 Å². The summed E-state index contributed by atoms with van der Waals surface area (Å²) < 4.78 is 25.7. The normalized spacial score (nSPS) is 28.7. The van der Waals surface area contributed by atoms with Crippen LogP contribution in [0.4, 0.5) is 10.1 Å². The fourth-order valence-electron chi connectivity index (χ4n) is 6.48. The minimum absolute atomic E-state index is 0.186. The van der Waals surface area contributed by atoms with Crippen LogP contribution in [0.1, 0.15) is 40.2 Å². The van der Waals surface area contributed by atoms with Crippen molar-refractivity contribution < 1.29 is 18.7 Å². The number of hydrogen-bond acceptors (Lipinski definition) is 7. The summed E-state index contributed by atoms with van der Waals surface area (Å²) in [6, 6.07) is 12.3. The number of aromatic nitrogens is 1. The molecule has 0 radical (unpaired) electrons. The van der Waals surface area contributed by atoms with Gasteiger partial charge in [0.25, 0.3) is 0 Å². The first kappa shape index (κ1) is 26.9. The van der Waals surface area contributed by atoms with Gasteiger partial charge in [-0.15, -0.1) is 22.9 Å².